The highest BCUT2D eigenvalue weighted by Gasteiger charge is 2.03. The Balaban J connectivity index is 1.81. The molecule has 5 nitrogen and oxygen atoms in total. The number of hydrogen-bond donors (Lipinski definition) is 2. The second-order valence-corrected chi connectivity index (χ2v) is 6.02. The standard InChI is InChI=1S/C17H19IN2O3/c1-22-9-10-23-16-4-2-3-15(11-16)19-12-17(21)20-14-7-5-13(18)6-8-14/h2-8,11,19H,9-10,12H2,1H3,(H,20,21). The van der Waals surface area contributed by atoms with Gasteiger partial charge >= 0.3 is 0 Å². The highest BCUT2D eigenvalue weighted by Crippen LogP contribution is 2.17. The molecule has 2 rings (SSSR count). The summed E-state index contributed by atoms with van der Waals surface area (Å²) in [4.78, 5) is 11.9. The van der Waals surface area contributed by atoms with Crippen LogP contribution in [0.3, 0.4) is 0 Å². The molecular formula is C17H19IN2O3. The molecule has 0 atom stereocenters. The van der Waals surface area contributed by atoms with Crippen LogP contribution in [0.1, 0.15) is 0 Å². The van der Waals surface area contributed by atoms with Crippen LogP contribution in [-0.2, 0) is 9.53 Å². The fraction of sp³-hybridized carbons (Fsp3) is 0.235. The van der Waals surface area contributed by atoms with Crippen LogP contribution in [0.4, 0.5) is 11.4 Å². The van der Waals surface area contributed by atoms with E-state index in [4.69, 9.17) is 9.47 Å². The molecular weight excluding hydrogens is 407 g/mol. The van der Waals surface area contributed by atoms with E-state index in [1.165, 1.54) is 0 Å². The smallest absolute Gasteiger partial charge is 0.243 e. The number of rotatable bonds is 8. The third-order valence-electron chi connectivity index (χ3n) is 2.97. The van der Waals surface area contributed by atoms with Crippen LogP contribution in [0.15, 0.2) is 48.5 Å². The topological polar surface area (TPSA) is 59.6 Å². The van der Waals surface area contributed by atoms with Crippen LogP contribution in [0.2, 0.25) is 0 Å². The number of halogens is 1. The monoisotopic (exact) mass is 426 g/mol. The van der Waals surface area contributed by atoms with Gasteiger partial charge in [0.1, 0.15) is 12.4 Å². The Morgan fingerprint density at radius 2 is 1.87 bits per heavy atom. The van der Waals surface area contributed by atoms with Crippen molar-refractivity contribution in [1.82, 2.24) is 0 Å². The van der Waals surface area contributed by atoms with E-state index in [2.05, 4.69) is 33.2 Å². The molecule has 0 unspecified atom stereocenters. The lowest BCUT2D eigenvalue weighted by atomic mass is 10.3. The van der Waals surface area contributed by atoms with E-state index < -0.39 is 0 Å². The number of ether oxygens (including phenoxy) is 2. The van der Waals surface area contributed by atoms with E-state index in [1.807, 2.05) is 48.5 Å². The Hall–Kier alpha value is -1.80. The zero-order chi connectivity index (χ0) is 16.5. The van der Waals surface area contributed by atoms with Crippen LogP contribution in [-0.4, -0.2) is 32.8 Å². The Bertz CT molecular complexity index is 632. The molecule has 0 spiro atoms. The molecule has 23 heavy (non-hydrogen) atoms. The summed E-state index contributed by atoms with van der Waals surface area (Å²) in [5.41, 5.74) is 1.62. The lowest BCUT2D eigenvalue weighted by Crippen LogP contribution is -2.21. The molecule has 0 fully saturated rings. The first-order valence-electron chi connectivity index (χ1n) is 7.18. The predicted octanol–water partition coefficient (Wildman–Crippen LogP) is 3.37. The molecule has 1 amide bonds. The number of carbonyl (C=O) groups is 1. The van der Waals surface area contributed by atoms with Gasteiger partial charge in [-0.05, 0) is 59.0 Å². The van der Waals surface area contributed by atoms with Gasteiger partial charge in [0.05, 0.1) is 13.2 Å². The van der Waals surface area contributed by atoms with E-state index in [-0.39, 0.29) is 12.5 Å². The first-order valence-corrected chi connectivity index (χ1v) is 8.26. The highest BCUT2D eigenvalue weighted by molar-refractivity contribution is 14.1. The van der Waals surface area contributed by atoms with Gasteiger partial charge in [0.2, 0.25) is 5.91 Å². The number of amides is 1. The van der Waals surface area contributed by atoms with Crippen LogP contribution in [0.5, 0.6) is 5.75 Å². The molecule has 2 aromatic rings. The summed E-state index contributed by atoms with van der Waals surface area (Å²) >= 11 is 2.22. The van der Waals surface area contributed by atoms with E-state index in [9.17, 15) is 4.79 Å². The van der Waals surface area contributed by atoms with Crippen molar-refractivity contribution < 1.29 is 14.3 Å². The van der Waals surface area contributed by atoms with Gasteiger partial charge in [-0.15, -0.1) is 0 Å². The first-order chi connectivity index (χ1) is 11.2. The van der Waals surface area contributed by atoms with E-state index in [0.717, 1.165) is 20.7 Å². The molecule has 0 aliphatic carbocycles. The Kier molecular flexibility index (Phi) is 7.15. The zero-order valence-electron chi connectivity index (χ0n) is 12.8. The van der Waals surface area contributed by atoms with Gasteiger partial charge in [-0.3, -0.25) is 4.79 Å². The third-order valence-corrected chi connectivity index (χ3v) is 3.69. The summed E-state index contributed by atoms with van der Waals surface area (Å²) < 4.78 is 11.6. The number of carbonyl (C=O) groups excluding carboxylic acids is 1. The number of hydrogen-bond acceptors (Lipinski definition) is 4. The minimum absolute atomic E-state index is 0.100. The van der Waals surface area contributed by atoms with E-state index >= 15 is 0 Å². The molecule has 2 N–H and O–H groups in total. The minimum atomic E-state index is -0.100. The van der Waals surface area contributed by atoms with Crippen molar-refractivity contribution in [2.24, 2.45) is 0 Å². The van der Waals surface area contributed by atoms with Gasteiger partial charge in [-0.25, -0.2) is 0 Å². The Morgan fingerprint density at radius 3 is 2.61 bits per heavy atom. The van der Waals surface area contributed by atoms with Crippen LogP contribution in [0.25, 0.3) is 0 Å². The maximum absolute atomic E-state index is 11.9. The van der Waals surface area contributed by atoms with Gasteiger partial charge in [-0.2, -0.15) is 0 Å². The molecule has 0 saturated heterocycles. The summed E-state index contributed by atoms with van der Waals surface area (Å²) in [7, 11) is 1.63. The summed E-state index contributed by atoms with van der Waals surface area (Å²) in [6.45, 7) is 1.22. The fourth-order valence-corrected chi connectivity index (χ4v) is 2.22. The average molecular weight is 426 g/mol. The van der Waals surface area contributed by atoms with Crippen molar-refractivity contribution >= 4 is 39.9 Å². The lowest BCUT2D eigenvalue weighted by Gasteiger charge is -2.10. The molecule has 0 aliphatic rings. The molecule has 0 aromatic heterocycles. The second kappa shape index (κ2) is 9.36. The number of anilines is 2. The maximum Gasteiger partial charge on any atom is 0.243 e. The highest BCUT2D eigenvalue weighted by atomic mass is 127. The fourth-order valence-electron chi connectivity index (χ4n) is 1.86. The van der Waals surface area contributed by atoms with Crippen molar-refractivity contribution in [2.45, 2.75) is 0 Å². The molecule has 0 heterocycles. The summed E-state index contributed by atoms with van der Waals surface area (Å²) in [6.07, 6.45) is 0. The quantitative estimate of drug-likeness (QED) is 0.502. The van der Waals surface area contributed by atoms with Gasteiger partial charge < -0.3 is 20.1 Å². The number of methoxy groups -OCH3 is 1. The van der Waals surface area contributed by atoms with Gasteiger partial charge in [0.25, 0.3) is 0 Å². The summed E-state index contributed by atoms with van der Waals surface area (Å²) in [6, 6.07) is 15.1. The van der Waals surface area contributed by atoms with Crippen molar-refractivity contribution in [3.05, 3.63) is 52.1 Å². The van der Waals surface area contributed by atoms with Crippen molar-refractivity contribution in [2.75, 3.05) is 37.5 Å². The van der Waals surface area contributed by atoms with Crippen molar-refractivity contribution in [3.8, 4) is 5.75 Å². The van der Waals surface area contributed by atoms with E-state index in [0.29, 0.717) is 13.2 Å². The molecule has 2 aromatic carbocycles. The van der Waals surface area contributed by atoms with Gasteiger partial charge in [-0.1, -0.05) is 6.07 Å². The molecule has 0 radical (unpaired) electrons. The van der Waals surface area contributed by atoms with Crippen LogP contribution < -0.4 is 15.4 Å². The SMILES string of the molecule is COCCOc1cccc(NCC(=O)Nc2ccc(I)cc2)c1. The van der Waals surface area contributed by atoms with Crippen molar-refractivity contribution in [3.63, 3.8) is 0 Å². The molecule has 6 heteroatoms. The average Bonchev–Trinajstić information content (AvgIpc) is 2.56. The van der Waals surface area contributed by atoms with Crippen LogP contribution in [0, 0.1) is 3.57 Å². The Labute approximate surface area is 149 Å². The molecule has 122 valence electrons. The number of nitrogens with one attached hydrogen (secondary N) is 2. The van der Waals surface area contributed by atoms with Crippen molar-refractivity contribution in [1.29, 1.82) is 0 Å². The molecule has 0 bridgehead atoms. The first kappa shape index (κ1) is 17.6. The third kappa shape index (κ3) is 6.45. The minimum Gasteiger partial charge on any atom is -0.491 e. The summed E-state index contributed by atoms with van der Waals surface area (Å²) in [5.74, 6) is 0.641. The molecule has 0 aliphatic heterocycles. The lowest BCUT2D eigenvalue weighted by molar-refractivity contribution is -0.114. The zero-order valence-corrected chi connectivity index (χ0v) is 15.0. The normalized spacial score (nSPS) is 10.2. The van der Waals surface area contributed by atoms with E-state index in [1.54, 1.807) is 7.11 Å². The Morgan fingerprint density at radius 1 is 1.09 bits per heavy atom. The number of benzene rings is 2. The maximum atomic E-state index is 11.9. The van der Waals surface area contributed by atoms with Gasteiger partial charge in [0.15, 0.2) is 0 Å². The predicted molar refractivity (Wildman–Crippen MR) is 100 cm³/mol. The molecule has 0 saturated carbocycles. The van der Waals surface area contributed by atoms with Gasteiger partial charge in [0, 0.05) is 28.1 Å². The summed E-state index contributed by atoms with van der Waals surface area (Å²) in [5, 5.41) is 5.93. The van der Waals surface area contributed by atoms with Crippen LogP contribution >= 0.6 is 22.6 Å². The second-order valence-electron chi connectivity index (χ2n) is 4.78. The largest absolute Gasteiger partial charge is 0.491 e.